The molecule has 2 fully saturated rings. The van der Waals surface area contributed by atoms with E-state index in [0.717, 1.165) is 40.9 Å². The highest BCUT2D eigenvalue weighted by molar-refractivity contribution is 9.10. The number of fused-ring (bicyclic) bond motifs is 1. The molecule has 3 N–H and O–H groups in total. The van der Waals surface area contributed by atoms with E-state index in [4.69, 9.17) is 5.84 Å². The fourth-order valence-corrected chi connectivity index (χ4v) is 4.17. The van der Waals surface area contributed by atoms with E-state index in [1.807, 2.05) is 0 Å². The van der Waals surface area contributed by atoms with E-state index in [1.54, 1.807) is 0 Å². The molecule has 3 atom stereocenters. The topological polar surface area (TPSA) is 55.9 Å². The quantitative estimate of drug-likeness (QED) is 0.645. The Labute approximate surface area is 123 Å². The lowest BCUT2D eigenvalue weighted by Crippen LogP contribution is -2.42. The number of hydrazine groups is 1. The van der Waals surface area contributed by atoms with Crippen molar-refractivity contribution in [2.75, 3.05) is 0 Å². The first kappa shape index (κ1) is 13.6. The number of halogens is 1. The van der Waals surface area contributed by atoms with Crippen molar-refractivity contribution < 1.29 is 0 Å². The summed E-state index contributed by atoms with van der Waals surface area (Å²) in [7, 11) is 0. The first-order valence-corrected chi connectivity index (χ1v) is 8.11. The van der Waals surface area contributed by atoms with Crippen LogP contribution in [-0.4, -0.2) is 15.8 Å². The van der Waals surface area contributed by atoms with Crippen LogP contribution in [0.4, 0.5) is 0 Å². The maximum atomic E-state index is 5.81. The molecular formula is C14H23BrN4. The fraction of sp³-hybridized carbons (Fsp3) is 0.786. The molecule has 5 heteroatoms. The van der Waals surface area contributed by atoms with E-state index in [1.165, 1.54) is 25.0 Å². The number of aryl methyl sites for hydroxylation is 2. The van der Waals surface area contributed by atoms with Gasteiger partial charge in [-0.3, -0.25) is 16.0 Å². The summed E-state index contributed by atoms with van der Waals surface area (Å²) < 4.78 is 3.25. The van der Waals surface area contributed by atoms with E-state index in [2.05, 4.69) is 45.0 Å². The molecule has 1 aromatic heterocycles. The molecule has 0 spiro atoms. The minimum Gasteiger partial charge on any atom is -0.271 e. The average Bonchev–Trinajstić information content (AvgIpc) is 2.92. The molecule has 1 aromatic rings. The maximum absolute atomic E-state index is 5.81. The first-order chi connectivity index (χ1) is 9.13. The minimum absolute atomic E-state index is 0.380. The van der Waals surface area contributed by atoms with Gasteiger partial charge >= 0.3 is 0 Å². The van der Waals surface area contributed by atoms with Gasteiger partial charge in [0.25, 0.3) is 0 Å². The van der Waals surface area contributed by atoms with Crippen molar-refractivity contribution in [2.24, 2.45) is 23.6 Å². The molecule has 19 heavy (non-hydrogen) atoms. The Bertz CT molecular complexity index is 460. The minimum atomic E-state index is 0.380. The second-order valence-electron chi connectivity index (χ2n) is 6.13. The van der Waals surface area contributed by atoms with Gasteiger partial charge in [-0.05, 0) is 66.8 Å². The molecule has 0 aromatic carbocycles. The number of rotatable bonds is 5. The van der Waals surface area contributed by atoms with Crippen LogP contribution < -0.4 is 11.3 Å². The van der Waals surface area contributed by atoms with Crippen molar-refractivity contribution in [1.82, 2.24) is 15.2 Å². The maximum Gasteiger partial charge on any atom is 0.0738 e. The predicted octanol–water partition coefficient (Wildman–Crippen LogP) is 2.39. The van der Waals surface area contributed by atoms with Crippen LogP contribution in [0.5, 0.6) is 0 Å². The van der Waals surface area contributed by atoms with Crippen LogP contribution in [0.25, 0.3) is 0 Å². The Balaban J connectivity index is 1.75. The van der Waals surface area contributed by atoms with Crippen LogP contribution in [-0.2, 0) is 13.0 Å². The molecule has 0 amide bonds. The highest BCUT2D eigenvalue weighted by Crippen LogP contribution is 2.55. The number of nitrogens with zero attached hydrogens (tertiary/aromatic N) is 2. The van der Waals surface area contributed by atoms with Crippen molar-refractivity contribution in [3.8, 4) is 0 Å². The van der Waals surface area contributed by atoms with Crippen molar-refractivity contribution in [1.29, 1.82) is 0 Å². The summed E-state index contributed by atoms with van der Waals surface area (Å²) in [6.07, 6.45) is 5.14. The fourth-order valence-electron chi connectivity index (χ4n) is 3.72. The predicted molar refractivity (Wildman–Crippen MR) is 79.5 cm³/mol. The Kier molecular flexibility index (Phi) is 3.71. The van der Waals surface area contributed by atoms with E-state index in [9.17, 15) is 0 Å². The third kappa shape index (κ3) is 2.48. The second-order valence-corrected chi connectivity index (χ2v) is 6.92. The average molecular weight is 327 g/mol. The van der Waals surface area contributed by atoms with Gasteiger partial charge in [0.1, 0.15) is 0 Å². The summed E-state index contributed by atoms with van der Waals surface area (Å²) in [5, 5.41) is 4.57. The van der Waals surface area contributed by atoms with E-state index >= 15 is 0 Å². The summed E-state index contributed by atoms with van der Waals surface area (Å²) >= 11 is 3.68. The molecule has 0 saturated heterocycles. The smallest absolute Gasteiger partial charge is 0.0738 e. The summed E-state index contributed by atoms with van der Waals surface area (Å²) in [4.78, 5) is 0. The third-order valence-electron chi connectivity index (χ3n) is 4.93. The summed E-state index contributed by atoms with van der Waals surface area (Å²) in [5.74, 6) is 8.56. The normalized spacial score (nSPS) is 30.4. The molecule has 2 aliphatic rings. The highest BCUT2D eigenvalue weighted by Gasteiger charge is 2.47. The molecule has 2 aliphatic carbocycles. The molecule has 3 unspecified atom stereocenters. The second kappa shape index (κ2) is 5.19. The van der Waals surface area contributed by atoms with Crippen LogP contribution in [0.3, 0.4) is 0 Å². The zero-order valence-corrected chi connectivity index (χ0v) is 13.3. The van der Waals surface area contributed by atoms with Gasteiger partial charge in [-0.25, -0.2) is 0 Å². The van der Waals surface area contributed by atoms with Crippen molar-refractivity contribution in [2.45, 2.75) is 52.1 Å². The molecule has 3 rings (SSSR count). The summed E-state index contributed by atoms with van der Waals surface area (Å²) in [6, 6.07) is 0.380. The summed E-state index contributed by atoms with van der Waals surface area (Å²) in [5.41, 5.74) is 5.41. The molecular weight excluding hydrogens is 304 g/mol. The van der Waals surface area contributed by atoms with E-state index < -0.39 is 0 Å². The van der Waals surface area contributed by atoms with Gasteiger partial charge in [0, 0.05) is 19.0 Å². The standard InChI is InChI=1S/C14H23BrN4/c1-3-19-13(14(15)8(2)18-19)7-12(17-16)11-5-9-4-10(9)6-11/h9-12,17H,3-7,16H2,1-2H3. The lowest BCUT2D eigenvalue weighted by atomic mass is 9.91. The molecule has 0 aliphatic heterocycles. The lowest BCUT2D eigenvalue weighted by molar-refractivity contribution is 0.330. The summed E-state index contributed by atoms with van der Waals surface area (Å²) in [6.45, 7) is 5.10. The van der Waals surface area contributed by atoms with Crippen molar-refractivity contribution >= 4 is 15.9 Å². The molecule has 4 nitrogen and oxygen atoms in total. The van der Waals surface area contributed by atoms with Crippen molar-refractivity contribution in [3.63, 3.8) is 0 Å². The number of hydrogen-bond acceptors (Lipinski definition) is 3. The van der Waals surface area contributed by atoms with Crippen LogP contribution in [0.2, 0.25) is 0 Å². The van der Waals surface area contributed by atoms with Gasteiger partial charge in [-0.2, -0.15) is 5.10 Å². The van der Waals surface area contributed by atoms with Gasteiger partial charge in [-0.1, -0.05) is 0 Å². The van der Waals surface area contributed by atoms with Gasteiger partial charge in [0.15, 0.2) is 0 Å². The van der Waals surface area contributed by atoms with Crippen LogP contribution in [0.15, 0.2) is 4.47 Å². The SMILES string of the molecule is CCn1nc(C)c(Br)c1CC(NN)C1CC2CC2C1. The molecule has 0 bridgehead atoms. The Morgan fingerprint density at radius 3 is 2.68 bits per heavy atom. The Morgan fingerprint density at radius 1 is 1.42 bits per heavy atom. The largest absolute Gasteiger partial charge is 0.271 e. The lowest BCUT2D eigenvalue weighted by Gasteiger charge is -2.24. The monoisotopic (exact) mass is 326 g/mol. The van der Waals surface area contributed by atoms with Crippen LogP contribution in [0.1, 0.15) is 37.6 Å². The van der Waals surface area contributed by atoms with Crippen molar-refractivity contribution in [3.05, 3.63) is 15.9 Å². The molecule has 0 radical (unpaired) electrons. The third-order valence-corrected chi connectivity index (χ3v) is 5.96. The van der Waals surface area contributed by atoms with Gasteiger partial charge in [-0.15, -0.1) is 0 Å². The van der Waals surface area contributed by atoms with Gasteiger partial charge in [0.2, 0.25) is 0 Å². The first-order valence-electron chi connectivity index (χ1n) is 7.31. The van der Waals surface area contributed by atoms with Crippen LogP contribution >= 0.6 is 15.9 Å². The molecule has 106 valence electrons. The number of aromatic nitrogens is 2. The van der Waals surface area contributed by atoms with Crippen LogP contribution in [0, 0.1) is 24.7 Å². The zero-order valence-electron chi connectivity index (χ0n) is 11.7. The Morgan fingerprint density at radius 2 is 2.11 bits per heavy atom. The number of nitrogens with one attached hydrogen (secondary N) is 1. The Hall–Kier alpha value is -0.390. The highest BCUT2D eigenvalue weighted by atomic mass is 79.9. The van der Waals surface area contributed by atoms with Gasteiger partial charge < -0.3 is 0 Å². The molecule has 1 heterocycles. The number of hydrogen-bond donors (Lipinski definition) is 2. The van der Waals surface area contributed by atoms with E-state index in [-0.39, 0.29) is 0 Å². The zero-order chi connectivity index (χ0) is 13.6. The molecule has 2 saturated carbocycles. The number of nitrogens with two attached hydrogens (primary N) is 1. The van der Waals surface area contributed by atoms with Gasteiger partial charge in [0.05, 0.1) is 15.9 Å². The van der Waals surface area contributed by atoms with E-state index in [0.29, 0.717) is 6.04 Å².